The third-order valence-electron chi connectivity index (χ3n) is 5.30. The third kappa shape index (κ3) is 3.01. The maximum Gasteiger partial charge on any atom is 0.231 e. The van der Waals surface area contributed by atoms with Crippen molar-refractivity contribution in [1.82, 2.24) is 9.97 Å². The number of anilines is 2. The Morgan fingerprint density at radius 1 is 1.22 bits per heavy atom. The van der Waals surface area contributed by atoms with Crippen molar-refractivity contribution < 1.29 is 9.18 Å². The first kappa shape index (κ1) is 16.2. The van der Waals surface area contributed by atoms with Crippen LogP contribution in [-0.4, -0.2) is 22.0 Å². The normalized spacial score (nSPS) is 21.2. The van der Waals surface area contributed by atoms with Crippen LogP contribution in [0.5, 0.6) is 0 Å². The quantitative estimate of drug-likeness (QED) is 0.734. The van der Waals surface area contributed by atoms with Gasteiger partial charge >= 0.3 is 0 Å². The highest BCUT2D eigenvalue weighted by molar-refractivity contribution is 5.98. The van der Waals surface area contributed by atoms with Crippen LogP contribution in [0.1, 0.15) is 30.7 Å². The Labute approximate surface area is 155 Å². The highest BCUT2D eigenvalue weighted by Gasteiger charge is 2.43. The number of pyridine rings is 2. The summed E-state index contributed by atoms with van der Waals surface area (Å²) in [5, 5.41) is 4.27. The summed E-state index contributed by atoms with van der Waals surface area (Å²) in [6, 6.07) is 12.0. The van der Waals surface area contributed by atoms with E-state index in [1.165, 1.54) is 18.4 Å². The van der Waals surface area contributed by atoms with Gasteiger partial charge in [-0.2, -0.15) is 0 Å². The molecule has 2 fully saturated rings. The first-order valence-corrected chi connectivity index (χ1v) is 9.20. The summed E-state index contributed by atoms with van der Waals surface area (Å²) in [5.41, 5.74) is 9.38. The molecular formula is C21H19FN4O. The second-order valence-corrected chi connectivity index (χ2v) is 7.39. The highest BCUT2D eigenvalue weighted by Crippen LogP contribution is 2.44. The van der Waals surface area contributed by atoms with Gasteiger partial charge in [-0.15, -0.1) is 0 Å². The number of amides is 1. The van der Waals surface area contributed by atoms with E-state index in [2.05, 4.69) is 33.5 Å². The van der Waals surface area contributed by atoms with E-state index in [4.69, 9.17) is 5.73 Å². The van der Waals surface area contributed by atoms with Gasteiger partial charge in [0.1, 0.15) is 17.8 Å². The minimum absolute atomic E-state index is 0.290. The van der Waals surface area contributed by atoms with Gasteiger partial charge < -0.3 is 11.1 Å². The number of aromatic nitrogens is 2. The van der Waals surface area contributed by atoms with Gasteiger partial charge in [0.25, 0.3) is 0 Å². The van der Waals surface area contributed by atoms with Gasteiger partial charge in [-0.05, 0) is 48.3 Å². The summed E-state index contributed by atoms with van der Waals surface area (Å²) in [5.74, 6) is 0.532. The lowest BCUT2D eigenvalue weighted by Gasteiger charge is -2.11. The molecule has 2 aliphatic carbocycles. The van der Waals surface area contributed by atoms with Crippen molar-refractivity contribution in [1.29, 1.82) is 0 Å². The average molecular weight is 362 g/mol. The van der Waals surface area contributed by atoms with Crippen LogP contribution in [-0.2, 0) is 4.79 Å². The Bertz CT molecular complexity index is 1060. The van der Waals surface area contributed by atoms with Crippen LogP contribution in [0.15, 0.2) is 42.6 Å². The summed E-state index contributed by atoms with van der Waals surface area (Å²) in [7, 11) is 0. The van der Waals surface area contributed by atoms with Crippen LogP contribution in [0.3, 0.4) is 0 Å². The zero-order valence-corrected chi connectivity index (χ0v) is 14.7. The minimum Gasteiger partial charge on any atom is -0.383 e. The maximum absolute atomic E-state index is 13.1. The molecule has 2 atom stereocenters. The molecule has 2 saturated carbocycles. The molecule has 1 amide bonds. The average Bonchev–Trinajstić information content (AvgIpc) is 3.57. The molecule has 2 heterocycles. The van der Waals surface area contributed by atoms with Gasteiger partial charge in [0, 0.05) is 17.1 Å². The zero-order chi connectivity index (χ0) is 18.5. The fourth-order valence-corrected chi connectivity index (χ4v) is 3.52. The van der Waals surface area contributed by atoms with Crippen LogP contribution < -0.4 is 11.1 Å². The standard InChI is InChI=1S/C21H19FN4O/c22-17-9-15(17)21(27)26-19-8-12-7-18(25-20(23)16(12)10-24-19)14-4-2-1-3-13(14)11-5-6-11/h1-4,7-8,10-11,15,17H,5-6,9H2,(H2,23,25)(H,24,26,27)/t15-,17+/m0/s1. The van der Waals surface area contributed by atoms with Crippen molar-refractivity contribution in [3.8, 4) is 11.3 Å². The van der Waals surface area contributed by atoms with Crippen molar-refractivity contribution in [2.24, 2.45) is 5.92 Å². The SMILES string of the molecule is Nc1nc(-c2ccccc2C2CC2)cc2cc(NC(=O)[C@H]3C[C@H]3F)ncc12. The number of carbonyl (C=O) groups is 1. The largest absolute Gasteiger partial charge is 0.383 e. The minimum atomic E-state index is -1.03. The summed E-state index contributed by atoms with van der Waals surface area (Å²) < 4.78 is 13.1. The molecule has 3 N–H and O–H groups in total. The van der Waals surface area contributed by atoms with Crippen molar-refractivity contribution in [2.45, 2.75) is 31.4 Å². The molecule has 2 aromatic heterocycles. The topological polar surface area (TPSA) is 80.9 Å². The van der Waals surface area contributed by atoms with Gasteiger partial charge in [0.15, 0.2) is 0 Å². The molecule has 0 unspecified atom stereocenters. The number of halogens is 1. The molecule has 136 valence electrons. The molecule has 3 aromatic rings. The molecule has 0 radical (unpaired) electrons. The van der Waals surface area contributed by atoms with Gasteiger partial charge in [0.2, 0.25) is 5.91 Å². The van der Waals surface area contributed by atoms with Gasteiger partial charge in [0.05, 0.1) is 11.6 Å². The lowest BCUT2D eigenvalue weighted by molar-refractivity contribution is -0.117. The highest BCUT2D eigenvalue weighted by atomic mass is 19.1. The monoisotopic (exact) mass is 362 g/mol. The number of hydrogen-bond acceptors (Lipinski definition) is 4. The zero-order valence-electron chi connectivity index (χ0n) is 14.7. The summed E-state index contributed by atoms with van der Waals surface area (Å²) in [4.78, 5) is 20.8. The van der Waals surface area contributed by atoms with E-state index in [1.54, 1.807) is 12.3 Å². The van der Waals surface area contributed by atoms with Gasteiger partial charge in [-0.1, -0.05) is 24.3 Å². The number of nitrogens with zero attached hydrogens (tertiary/aromatic N) is 2. The number of nitrogens with one attached hydrogen (secondary N) is 1. The lowest BCUT2D eigenvalue weighted by atomic mass is 9.99. The number of carbonyl (C=O) groups excluding carboxylic acids is 1. The Morgan fingerprint density at radius 2 is 2.00 bits per heavy atom. The molecule has 0 bridgehead atoms. The third-order valence-corrected chi connectivity index (χ3v) is 5.30. The lowest BCUT2D eigenvalue weighted by Crippen LogP contribution is -2.15. The van der Waals surface area contributed by atoms with Crippen molar-refractivity contribution >= 4 is 28.3 Å². The Morgan fingerprint density at radius 3 is 2.74 bits per heavy atom. The first-order valence-electron chi connectivity index (χ1n) is 9.20. The van der Waals surface area contributed by atoms with E-state index >= 15 is 0 Å². The van der Waals surface area contributed by atoms with Gasteiger partial charge in [-0.25, -0.2) is 14.4 Å². The van der Waals surface area contributed by atoms with E-state index in [0.717, 1.165) is 22.0 Å². The van der Waals surface area contributed by atoms with E-state index in [9.17, 15) is 9.18 Å². The fourth-order valence-electron chi connectivity index (χ4n) is 3.52. The molecule has 2 aliphatic rings. The van der Waals surface area contributed by atoms with E-state index in [0.29, 0.717) is 24.0 Å². The molecule has 1 aromatic carbocycles. The van der Waals surface area contributed by atoms with Crippen molar-refractivity contribution in [2.75, 3.05) is 11.1 Å². The molecule has 0 aliphatic heterocycles. The van der Waals surface area contributed by atoms with E-state index < -0.39 is 12.1 Å². The molecule has 27 heavy (non-hydrogen) atoms. The smallest absolute Gasteiger partial charge is 0.231 e. The Kier molecular flexibility index (Phi) is 3.60. The predicted molar refractivity (Wildman–Crippen MR) is 103 cm³/mol. The van der Waals surface area contributed by atoms with E-state index in [1.807, 2.05) is 12.1 Å². The van der Waals surface area contributed by atoms with Crippen LogP contribution >= 0.6 is 0 Å². The second-order valence-electron chi connectivity index (χ2n) is 7.39. The summed E-state index contributed by atoms with van der Waals surface area (Å²) in [6.45, 7) is 0. The Hall–Kier alpha value is -3.02. The molecular weight excluding hydrogens is 343 g/mol. The number of nitrogens with two attached hydrogens (primary N) is 1. The Balaban J connectivity index is 1.54. The second kappa shape index (κ2) is 6.01. The molecule has 5 rings (SSSR count). The van der Waals surface area contributed by atoms with Gasteiger partial charge in [-0.3, -0.25) is 4.79 Å². The van der Waals surface area contributed by atoms with Crippen LogP contribution in [0.25, 0.3) is 22.0 Å². The van der Waals surface area contributed by atoms with Crippen molar-refractivity contribution in [3.05, 3.63) is 48.2 Å². The summed E-state index contributed by atoms with van der Waals surface area (Å²) in [6.07, 6.45) is 3.27. The number of alkyl halides is 1. The van der Waals surface area contributed by atoms with Crippen molar-refractivity contribution in [3.63, 3.8) is 0 Å². The number of hydrogen-bond donors (Lipinski definition) is 2. The summed E-state index contributed by atoms with van der Waals surface area (Å²) >= 11 is 0. The van der Waals surface area contributed by atoms with Crippen LogP contribution in [0.2, 0.25) is 0 Å². The van der Waals surface area contributed by atoms with E-state index in [-0.39, 0.29) is 5.91 Å². The number of benzene rings is 1. The van der Waals surface area contributed by atoms with Crippen LogP contribution in [0, 0.1) is 5.92 Å². The van der Waals surface area contributed by atoms with Crippen LogP contribution in [0.4, 0.5) is 16.0 Å². The number of nitrogen functional groups attached to an aromatic ring is 1. The molecule has 5 nitrogen and oxygen atoms in total. The molecule has 0 spiro atoms. The molecule has 0 saturated heterocycles. The number of fused-ring (bicyclic) bond motifs is 1. The fraction of sp³-hybridized carbons (Fsp3) is 0.286. The molecule has 6 heteroatoms. The predicted octanol–water partition coefficient (Wildman–Crippen LogP) is 4.05. The maximum atomic E-state index is 13.1. The first-order chi connectivity index (χ1) is 13.1. The number of rotatable bonds is 4.